The van der Waals surface area contributed by atoms with Crippen LogP contribution in [0.1, 0.15) is 12.5 Å². The molecular formula is C14H16BrN3O2. The standard InChI is InChI=1S/C14H16BrN3O2/c1-3-16-14-17-8-12(15)13(18-14)20-11-6-4-5-10(7-11)9-19-2/h4-8H,3,9H2,1-2H3,(H,16,17,18). The van der Waals surface area contributed by atoms with Crippen molar-refractivity contribution in [3.8, 4) is 11.6 Å². The molecule has 0 amide bonds. The van der Waals surface area contributed by atoms with Crippen LogP contribution in [-0.4, -0.2) is 23.6 Å². The zero-order valence-electron chi connectivity index (χ0n) is 11.4. The van der Waals surface area contributed by atoms with Gasteiger partial charge in [0.05, 0.1) is 17.3 Å². The molecule has 0 saturated heterocycles. The van der Waals surface area contributed by atoms with Gasteiger partial charge in [-0.05, 0) is 40.5 Å². The van der Waals surface area contributed by atoms with E-state index in [0.29, 0.717) is 28.7 Å². The Labute approximate surface area is 126 Å². The lowest BCUT2D eigenvalue weighted by Gasteiger charge is -2.09. The largest absolute Gasteiger partial charge is 0.438 e. The van der Waals surface area contributed by atoms with Gasteiger partial charge in [-0.2, -0.15) is 4.98 Å². The van der Waals surface area contributed by atoms with E-state index in [9.17, 15) is 0 Å². The molecule has 2 aromatic rings. The third-order valence-corrected chi connectivity index (χ3v) is 3.01. The van der Waals surface area contributed by atoms with Gasteiger partial charge in [0.15, 0.2) is 0 Å². The summed E-state index contributed by atoms with van der Waals surface area (Å²) in [5.74, 6) is 1.73. The minimum Gasteiger partial charge on any atom is -0.438 e. The first-order chi connectivity index (χ1) is 9.72. The first-order valence-corrected chi connectivity index (χ1v) is 7.04. The quantitative estimate of drug-likeness (QED) is 0.872. The molecule has 20 heavy (non-hydrogen) atoms. The third kappa shape index (κ3) is 3.91. The summed E-state index contributed by atoms with van der Waals surface area (Å²) in [5.41, 5.74) is 1.04. The van der Waals surface area contributed by atoms with Crippen molar-refractivity contribution < 1.29 is 9.47 Å². The van der Waals surface area contributed by atoms with Crippen molar-refractivity contribution in [2.45, 2.75) is 13.5 Å². The lowest BCUT2D eigenvalue weighted by Crippen LogP contribution is -2.03. The molecule has 0 bridgehead atoms. The molecule has 1 N–H and O–H groups in total. The number of ether oxygens (including phenoxy) is 2. The molecule has 0 spiro atoms. The summed E-state index contributed by atoms with van der Waals surface area (Å²) >= 11 is 3.39. The lowest BCUT2D eigenvalue weighted by atomic mass is 10.2. The van der Waals surface area contributed by atoms with Crippen molar-refractivity contribution in [1.29, 1.82) is 0 Å². The van der Waals surface area contributed by atoms with E-state index in [4.69, 9.17) is 9.47 Å². The highest BCUT2D eigenvalue weighted by atomic mass is 79.9. The van der Waals surface area contributed by atoms with Crippen LogP contribution in [0.4, 0.5) is 5.95 Å². The molecule has 0 atom stereocenters. The number of benzene rings is 1. The van der Waals surface area contributed by atoms with E-state index in [1.807, 2.05) is 31.2 Å². The zero-order valence-corrected chi connectivity index (χ0v) is 13.0. The van der Waals surface area contributed by atoms with Crippen molar-refractivity contribution in [3.05, 3.63) is 40.5 Å². The Kier molecular flexibility index (Phi) is 5.31. The average molecular weight is 338 g/mol. The van der Waals surface area contributed by atoms with E-state index in [-0.39, 0.29) is 0 Å². The van der Waals surface area contributed by atoms with E-state index in [0.717, 1.165) is 12.1 Å². The average Bonchev–Trinajstić information content (AvgIpc) is 2.44. The monoisotopic (exact) mass is 337 g/mol. The van der Waals surface area contributed by atoms with Gasteiger partial charge in [0.2, 0.25) is 11.8 Å². The Hall–Kier alpha value is -1.66. The molecule has 0 aliphatic heterocycles. The number of nitrogens with one attached hydrogen (secondary N) is 1. The van der Waals surface area contributed by atoms with Crippen LogP contribution >= 0.6 is 15.9 Å². The summed E-state index contributed by atoms with van der Waals surface area (Å²) < 4.78 is 11.6. The summed E-state index contributed by atoms with van der Waals surface area (Å²) in [6, 6.07) is 7.70. The fraction of sp³-hybridized carbons (Fsp3) is 0.286. The molecule has 5 nitrogen and oxygen atoms in total. The van der Waals surface area contributed by atoms with E-state index >= 15 is 0 Å². The van der Waals surface area contributed by atoms with Crippen molar-refractivity contribution in [3.63, 3.8) is 0 Å². The number of hydrogen-bond donors (Lipinski definition) is 1. The first kappa shape index (κ1) is 14.7. The number of methoxy groups -OCH3 is 1. The van der Waals surface area contributed by atoms with Crippen molar-refractivity contribution in [2.24, 2.45) is 0 Å². The number of aromatic nitrogens is 2. The molecule has 0 radical (unpaired) electrons. The van der Waals surface area contributed by atoms with Gasteiger partial charge in [-0.25, -0.2) is 4.98 Å². The van der Waals surface area contributed by atoms with Crippen LogP contribution in [0.25, 0.3) is 0 Å². The summed E-state index contributed by atoms with van der Waals surface area (Å²) in [6.45, 7) is 3.29. The van der Waals surface area contributed by atoms with Crippen LogP contribution in [0.5, 0.6) is 11.6 Å². The Morgan fingerprint density at radius 1 is 1.35 bits per heavy atom. The number of hydrogen-bond acceptors (Lipinski definition) is 5. The molecule has 0 saturated carbocycles. The summed E-state index contributed by atoms with van der Waals surface area (Å²) in [7, 11) is 1.66. The maximum atomic E-state index is 5.79. The van der Waals surface area contributed by atoms with E-state index in [2.05, 4.69) is 31.2 Å². The second-order valence-electron chi connectivity index (χ2n) is 4.06. The number of nitrogens with zero attached hydrogens (tertiary/aromatic N) is 2. The molecule has 0 aliphatic rings. The van der Waals surface area contributed by atoms with Gasteiger partial charge in [-0.1, -0.05) is 12.1 Å². The highest BCUT2D eigenvalue weighted by molar-refractivity contribution is 9.10. The van der Waals surface area contributed by atoms with Gasteiger partial charge >= 0.3 is 0 Å². The van der Waals surface area contributed by atoms with E-state index < -0.39 is 0 Å². The zero-order chi connectivity index (χ0) is 14.4. The maximum Gasteiger partial charge on any atom is 0.238 e. The fourth-order valence-corrected chi connectivity index (χ4v) is 1.92. The molecule has 2 rings (SSSR count). The van der Waals surface area contributed by atoms with Crippen LogP contribution in [0.3, 0.4) is 0 Å². The van der Waals surface area contributed by atoms with Gasteiger partial charge in [0.1, 0.15) is 5.75 Å². The Balaban J connectivity index is 2.20. The molecular weight excluding hydrogens is 322 g/mol. The molecule has 1 aromatic carbocycles. The van der Waals surface area contributed by atoms with Gasteiger partial charge in [0.25, 0.3) is 0 Å². The normalized spacial score (nSPS) is 10.3. The topological polar surface area (TPSA) is 56.3 Å². The molecule has 1 aromatic heterocycles. The predicted octanol–water partition coefficient (Wildman–Crippen LogP) is 3.61. The Morgan fingerprint density at radius 3 is 2.95 bits per heavy atom. The number of anilines is 1. The molecule has 0 unspecified atom stereocenters. The maximum absolute atomic E-state index is 5.79. The number of halogens is 1. The van der Waals surface area contributed by atoms with Gasteiger partial charge in [-0.15, -0.1) is 0 Å². The van der Waals surface area contributed by atoms with Crippen molar-refractivity contribution in [1.82, 2.24) is 9.97 Å². The summed E-state index contributed by atoms with van der Waals surface area (Å²) in [4.78, 5) is 8.46. The summed E-state index contributed by atoms with van der Waals surface area (Å²) in [6.07, 6.45) is 1.67. The highest BCUT2D eigenvalue weighted by Crippen LogP contribution is 2.28. The summed E-state index contributed by atoms with van der Waals surface area (Å²) in [5, 5.41) is 3.05. The smallest absolute Gasteiger partial charge is 0.238 e. The predicted molar refractivity (Wildman–Crippen MR) is 81.1 cm³/mol. The highest BCUT2D eigenvalue weighted by Gasteiger charge is 2.07. The van der Waals surface area contributed by atoms with Crippen LogP contribution in [0, 0.1) is 0 Å². The van der Waals surface area contributed by atoms with Crippen LogP contribution < -0.4 is 10.1 Å². The minimum atomic E-state index is 0.477. The van der Waals surface area contributed by atoms with Gasteiger partial charge in [0, 0.05) is 13.7 Å². The first-order valence-electron chi connectivity index (χ1n) is 6.25. The SMILES string of the molecule is CCNc1ncc(Br)c(Oc2cccc(COC)c2)n1. The van der Waals surface area contributed by atoms with Gasteiger partial charge in [-0.3, -0.25) is 0 Å². The van der Waals surface area contributed by atoms with Crippen LogP contribution in [0.2, 0.25) is 0 Å². The molecule has 106 valence electrons. The molecule has 1 heterocycles. The second kappa shape index (κ2) is 7.21. The van der Waals surface area contributed by atoms with Gasteiger partial charge < -0.3 is 14.8 Å². The molecule has 0 aliphatic carbocycles. The Bertz CT molecular complexity index is 578. The lowest BCUT2D eigenvalue weighted by molar-refractivity contribution is 0.184. The van der Waals surface area contributed by atoms with Crippen LogP contribution in [-0.2, 0) is 11.3 Å². The second-order valence-corrected chi connectivity index (χ2v) is 4.91. The Morgan fingerprint density at radius 2 is 2.20 bits per heavy atom. The van der Waals surface area contributed by atoms with E-state index in [1.165, 1.54) is 0 Å². The molecule has 0 fully saturated rings. The molecule has 6 heteroatoms. The third-order valence-electron chi connectivity index (χ3n) is 2.47. The number of rotatable bonds is 6. The van der Waals surface area contributed by atoms with Crippen molar-refractivity contribution in [2.75, 3.05) is 19.0 Å². The minimum absolute atomic E-state index is 0.477. The van der Waals surface area contributed by atoms with E-state index in [1.54, 1.807) is 13.3 Å². The van der Waals surface area contributed by atoms with Crippen LogP contribution in [0.15, 0.2) is 34.9 Å². The fourth-order valence-electron chi connectivity index (χ4n) is 1.64. The van der Waals surface area contributed by atoms with Crippen molar-refractivity contribution >= 4 is 21.9 Å².